The number of hydrogen-bond acceptors (Lipinski definition) is 4. The Kier molecular flexibility index (Phi) is 2.35. The molecule has 1 aromatic heterocycles. The predicted molar refractivity (Wildman–Crippen MR) is 43.3 cm³/mol. The van der Waals surface area contributed by atoms with Gasteiger partial charge in [-0.2, -0.15) is 5.10 Å². The van der Waals surface area contributed by atoms with Gasteiger partial charge in [0.25, 0.3) is 0 Å². The summed E-state index contributed by atoms with van der Waals surface area (Å²) in [4.78, 5) is 10.4. The van der Waals surface area contributed by atoms with E-state index in [-0.39, 0.29) is 0 Å². The summed E-state index contributed by atoms with van der Waals surface area (Å²) in [5.74, 6) is -1.46. The molecule has 0 bridgehead atoms. The van der Waals surface area contributed by atoms with Crippen LogP contribution in [-0.4, -0.2) is 21.3 Å². The summed E-state index contributed by atoms with van der Waals surface area (Å²) in [6.07, 6.45) is 0. The van der Waals surface area contributed by atoms with Gasteiger partial charge in [-0.25, -0.2) is 0 Å². The zero-order valence-electron chi connectivity index (χ0n) is 5.70. The Hall–Kier alpha value is -0.750. The maximum absolute atomic E-state index is 10.4. The molecule has 1 heterocycles. The topological polar surface area (TPSA) is 66.0 Å². The molecule has 1 aromatic rings. The number of H-pyrrole nitrogens is 1. The summed E-state index contributed by atoms with van der Waals surface area (Å²) in [5, 5.41) is 15.3. The van der Waals surface area contributed by atoms with Crippen LogP contribution in [0, 0.1) is 3.95 Å². The Labute approximate surface area is 71.9 Å². The molecule has 0 radical (unpaired) electrons. The number of carboxylic acids is 1. The molecule has 11 heavy (non-hydrogen) atoms. The summed E-state index contributed by atoms with van der Waals surface area (Å²) in [7, 11) is 0. The third-order valence-corrected chi connectivity index (χ3v) is 2.47. The Morgan fingerprint density at radius 1 is 1.91 bits per heavy atom. The zero-order chi connectivity index (χ0) is 8.43. The molecule has 0 aromatic carbocycles. The average molecular weight is 190 g/mol. The Bertz CT molecular complexity index is 316. The molecule has 0 spiro atoms. The van der Waals surface area contributed by atoms with Gasteiger partial charge in [0.2, 0.25) is 0 Å². The van der Waals surface area contributed by atoms with Gasteiger partial charge in [0.1, 0.15) is 10.9 Å². The fourth-order valence-electron chi connectivity index (χ4n) is 0.532. The number of nitrogens with one attached hydrogen (secondary N) is 1. The number of carbonyl (C=O) groups is 1. The van der Waals surface area contributed by atoms with Crippen molar-refractivity contribution >= 4 is 29.5 Å². The molecule has 0 aliphatic heterocycles. The van der Waals surface area contributed by atoms with Crippen LogP contribution in [0.5, 0.6) is 0 Å². The van der Waals surface area contributed by atoms with Crippen molar-refractivity contribution in [3.8, 4) is 0 Å². The molecular formula is C5H6N2O2S2. The van der Waals surface area contributed by atoms with Crippen LogP contribution >= 0.6 is 23.6 Å². The molecule has 0 aliphatic carbocycles. The first-order valence-electron chi connectivity index (χ1n) is 2.89. The van der Waals surface area contributed by atoms with Crippen LogP contribution in [0.25, 0.3) is 0 Å². The SMILES string of the molecule is CC(C(=O)O)c1n[nH]c(=S)s1. The molecule has 2 N–H and O–H groups in total. The molecular weight excluding hydrogens is 184 g/mol. The molecule has 0 aliphatic rings. The highest BCUT2D eigenvalue weighted by molar-refractivity contribution is 7.73. The van der Waals surface area contributed by atoms with Crippen molar-refractivity contribution in [2.24, 2.45) is 0 Å². The van der Waals surface area contributed by atoms with Gasteiger partial charge in [-0.15, -0.1) is 0 Å². The number of rotatable bonds is 2. The molecule has 6 heteroatoms. The Morgan fingerprint density at radius 2 is 2.55 bits per heavy atom. The van der Waals surface area contributed by atoms with Crippen molar-refractivity contribution in [1.82, 2.24) is 10.2 Å². The van der Waals surface area contributed by atoms with Crippen molar-refractivity contribution < 1.29 is 9.90 Å². The fraction of sp³-hybridized carbons (Fsp3) is 0.400. The highest BCUT2D eigenvalue weighted by Crippen LogP contribution is 2.16. The Balaban J connectivity index is 2.93. The lowest BCUT2D eigenvalue weighted by atomic mass is 10.2. The van der Waals surface area contributed by atoms with Gasteiger partial charge in [-0.3, -0.25) is 9.89 Å². The molecule has 1 atom stereocenters. The summed E-state index contributed by atoms with van der Waals surface area (Å²) in [6, 6.07) is 0. The van der Waals surface area contributed by atoms with Gasteiger partial charge < -0.3 is 5.11 Å². The van der Waals surface area contributed by atoms with E-state index in [4.69, 9.17) is 17.3 Å². The molecule has 1 rings (SSSR count). The summed E-state index contributed by atoms with van der Waals surface area (Å²) >= 11 is 5.94. The van der Waals surface area contributed by atoms with Crippen molar-refractivity contribution in [1.29, 1.82) is 0 Å². The van der Waals surface area contributed by atoms with Crippen LogP contribution in [0.15, 0.2) is 0 Å². The highest BCUT2D eigenvalue weighted by atomic mass is 32.1. The number of aliphatic carboxylic acids is 1. The fourth-order valence-corrected chi connectivity index (χ4v) is 1.48. The number of aromatic amines is 1. The molecule has 0 amide bonds. The number of hydrogen-bond donors (Lipinski definition) is 2. The lowest BCUT2D eigenvalue weighted by Crippen LogP contribution is -2.06. The van der Waals surface area contributed by atoms with E-state index in [0.717, 1.165) is 0 Å². The van der Waals surface area contributed by atoms with Gasteiger partial charge >= 0.3 is 5.97 Å². The van der Waals surface area contributed by atoms with E-state index in [1.165, 1.54) is 11.3 Å². The molecule has 4 nitrogen and oxygen atoms in total. The van der Waals surface area contributed by atoms with E-state index in [1.807, 2.05) is 0 Å². The normalized spacial score (nSPS) is 12.8. The second kappa shape index (κ2) is 3.10. The molecule has 0 saturated carbocycles. The lowest BCUT2D eigenvalue weighted by Gasteiger charge is -1.97. The average Bonchev–Trinajstić information content (AvgIpc) is 2.34. The smallest absolute Gasteiger partial charge is 0.313 e. The van der Waals surface area contributed by atoms with Crippen molar-refractivity contribution in [2.75, 3.05) is 0 Å². The van der Waals surface area contributed by atoms with Gasteiger partial charge in [0, 0.05) is 0 Å². The second-order valence-corrected chi connectivity index (χ2v) is 3.71. The maximum atomic E-state index is 10.4. The van der Waals surface area contributed by atoms with Crippen LogP contribution in [0.1, 0.15) is 17.8 Å². The largest absolute Gasteiger partial charge is 0.481 e. The van der Waals surface area contributed by atoms with E-state index in [1.54, 1.807) is 6.92 Å². The van der Waals surface area contributed by atoms with Gasteiger partial charge in [-0.05, 0) is 19.1 Å². The van der Waals surface area contributed by atoms with Crippen LogP contribution < -0.4 is 0 Å². The summed E-state index contributed by atoms with van der Waals surface area (Å²) in [5.41, 5.74) is 0. The highest BCUT2D eigenvalue weighted by Gasteiger charge is 2.16. The maximum Gasteiger partial charge on any atom is 0.313 e. The monoisotopic (exact) mass is 190 g/mol. The van der Waals surface area contributed by atoms with E-state index in [2.05, 4.69) is 10.2 Å². The number of aromatic nitrogens is 2. The first kappa shape index (κ1) is 8.35. The molecule has 0 fully saturated rings. The van der Waals surface area contributed by atoms with Crippen molar-refractivity contribution in [2.45, 2.75) is 12.8 Å². The van der Waals surface area contributed by atoms with E-state index in [9.17, 15) is 4.79 Å². The number of carboxylic acid groups (broad SMARTS) is 1. The van der Waals surface area contributed by atoms with Crippen molar-refractivity contribution in [3.63, 3.8) is 0 Å². The molecule has 1 unspecified atom stereocenters. The summed E-state index contributed by atoms with van der Waals surface area (Å²) in [6.45, 7) is 1.57. The van der Waals surface area contributed by atoms with Crippen LogP contribution in [0.2, 0.25) is 0 Å². The minimum Gasteiger partial charge on any atom is -0.481 e. The van der Waals surface area contributed by atoms with Crippen molar-refractivity contribution in [3.05, 3.63) is 8.96 Å². The minimum absolute atomic E-state index is 0.508. The molecule has 0 saturated heterocycles. The Morgan fingerprint density at radius 3 is 2.91 bits per heavy atom. The first-order chi connectivity index (χ1) is 5.11. The van der Waals surface area contributed by atoms with Crippen LogP contribution in [0.3, 0.4) is 0 Å². The quantitative estimate of drug-likeness (QED) is 0.691. The second-order valence-electron chi connectivity index (χ2n) is 2.01. The van der Waals surface area contributed by atoms with Crippen LogP contribution in [0.4, 0.5) is 0 Å². The zero-order valence-corrected chi connectivity index (χ0v) is 7.33. The van der Waals surface area contributed by atoms with Gasteiger partial charge in [0.15, 0.2) is 3.95 Å². The van der Waals surface area contributed by atoms with Gasteiger partial charge in [-0.1, -0.05) is 11.3 Å². The van der Waals surface area contributed by atoms with E-state index in [0.29, 0.717) is 8.96 Å². The number of nitrogens with zero attached hydrogens (tertiary/aromatic N) is 1. The molecule has 60 valence electrons. The van der Waals surface area contributed by atoms with E-state index < -0.39 is 11.9 Å². The first-order valence-corrected chi connectivity index (χ1v) is 4.12. The standard InChI is InChI=1S/C5H6N2O2S2/c1-2(4(8)9)3-6-7-5(10)11-3/h2H,1H3,(H,7,10)(H,8,9). The minimum atomic E-state index is -0.886. The third-order valence-electron chi connectivity index (χ3n) is 1.20. The van der Waals surface area contributed by atoms with Crippen LogP contribution in [-0.2, 0) is 4.79 Å². The third kappa shape index (κ3) is 1.84. The van der Waals surface area contributed by atoms with Gasteiger partial charge in [0.05, 0.1) is 0 Å². The lowest BCUT2D eigenvalue weighted by molar-refractivity contribution is -0.138. The predicted octanol–water partition coefficient (Wildman–Crippen LogP) is 1.39. The van der Waals surface area contributed by atoms with E-state index >= 15 is 0 Å². The summed E-state index contributed by atoms with van der Waals surface area (Å²) < 4.78 is 0.508.